The van der Waals surface area contributed by atoms with Gasteiger partial charge in [-0.1, -0.05) is 11.6 Å². The molecule has 0 unspecified atom stereocenters. The van der Waals surface area contributed by atoms with E-state index in [1.54, 1.807) is 13.8 Å². The minimum atomic E-state index is -4.38. The molecule has 0 saturated heterocycles. The highest BCUT2D eigenvalue weighted by molar-refractivity contribution is 6.32. The lowest BCUT2D eigenvalue weighted by Gasteiger charge is -2.13. The molecule has 0 aromatic heterocycles. The van der Waals surface area contributed by atoms with E-state index in [-0.39, 0.29) is 16.9 Å². The number of rotatable bonds is 2. The molecule has 0 bridgehead atoms. The van der Waals surface area contributed by atoms with Crippen LogP contribution in [0.2, 0.25) is 5.02 Å². The lowest BCUT2D eigenvalue weighted by atomic mass is 10.2. The zero-order valence-corrected chi connectivity index (χ0v) is 8.99. The van der Waals surface area contributed by atoms with E-state index < -0.39 is 11.7 Å². The van der Waals surface area contributed by atoms with Gasteiger partial charge in [-0.15, -0.1) is 0 Å². The second-order valence-corrected chi connectivity index (χ2v) is 3.72. The molecule has 1 aromatic carbocycles. The Balaban J connectivity index is 3.06. The summed E-state index contributed by atoms with van der Waals surface area (Å²) in [6.45, 7) is 3.44. The predicted octanol–water partition coefficient (Wildman–Crippen LogP) is 4.15. The molecule has 5 heteroatoms. The predicted molar refractivity (Wildman–Crippen MR) is 52.2 cm³/mol. The van der Waals surface area contributed by atoms with Gasteiger partial charge in [0.15, 0.2) is 0 Å². The van der Waals surface area contributed by atoms with Crippen LogP contribution in [-0.2, 0) is 6.18 Å². The molecule has 15 heavy (non-hydrogen) atoms. The first-order valence-corrected chi connectivity index (χ1v) is 4.72. The zero-order chi connectivity index (χ0) is 11.6. The highest BCUT2D eigenvalue weighted by atomic mass is 35.5. The van der Waals surface area contributed by atoms with Crippen LogP contribution in [0, 0.1) is 0 Å². The number of hydrogen-bond donors (Lipinski definition) is 0. The summed E-state index contributed by atoms with van der Waals surface area (Å²) in [5.41, 5.74) is -0.762. The Hall–Kier alpha value is -0.900. The van der Waals surface area contributed by atoms with Crippen molar-refractivity contribution in [2.75, 3.05) is 0 Å². The van der Waals surface area contributed by atoms with E-state index in [1.807, 2.05) is 0 Å². The average molecular weight is 239 g/mol. The Morgan fingerprint density at radius 3 is 2.33 bits per heavy atom. The highest BCUT2D eigenvalue weighted by Gasteiger charge is 2.31. The van der Waals surface area contributed by atoms with Crippen molar-refractivity contribution in [1.82, 2.24) is 0 Å². The minimum Gasteiger partial charge on any atom is -0.489 e. The molecule has 0 heterocycles. The molecule has 0 fully saturated rings. The van der Waals surface area contributed by atoms with Gasteiger partial charge in [0.25, 0.3) is 0 Å². The fraction of sp³-hybridized carbons (Fsp3) is 0.400. The van der Waals surface area contributed by atoms with Gasteiger partial charge in [0.2, 0.25) is 0 Å². The third-order valence-corrected chi connectivity index (χ3v) is 1.93. The summed E-state index contributed by atoms with van der Waals surface area (Å²) in [5, 5.41) is 0.178. The van der Waals surface area contributed by atoms with Crippen LogP contribution < -0.4 is 4.74 Å². The summed E-state index contributed by atoms with van der Waals surface area (Å²) in [6, 6.07) is 3.01. The van der Waals surface area contributed by atoms with E-state index in [0.29, 0.717) is 0 Å². The first-order chi connectivity index (χ1) is 6.80. The summed E-state index contributed by atoms with van der Waals surface area (Å²) < 4.78 is 42.2. The normalized spacial score (nSPS) is 11.9. The fourth-order valence-electron chi connectivity index (χ4n) is 1.02. The number of alkyl halides is 3. The van der Waals surface area contributed by atoms with Crippen molar-refractivity contribution in [3.05, 3.63) is 28.8 Å². The van der Waals surface area contributed by atoms with Gasteiger partial charge < -0.3 is 4.74 Å². The third-order valence-electron chi connectivity index (χ3n) is 1.62. The van der Waals surface area contributed by atoms with Crippen LogP contribution in [0.25, 0.3) is 0 Å². The summed E-state index contributed by atoms with van der Waals surface area (Å²) >= 11 is 5.70. The van der Waals surface area contributed by atoms with E-state index >= 15 is 0 Å². The molecule has 0 atom stereocenters. The van der Waals surface area contributed by atoms with E-state index in [9.17, 15) is 13.2 Å². The van der Waals surface area contributed by atoms with E-state index in [0.717, 1.165) is 12.1 Å². The third kappa shape index (κ3) is 3.30. The largest absolute Gasteiger partial charge is 0.489 e. The maximum Gasteiger partial charge on any atom is 0.416 e. The van der Waals surface area contributed by atoms with Crippen LogP contribution in [-0.4, -0.2) is 6.10 Å². The molecule has 1 rings (SSSR count). The van der Waals surface area contributed by atoms with Gasteiger partial charge in [0.1, 0.15) is 5.75 Å². The van der Waals surface area contributed by atoms with Crippen LogP contribution in [0.4, 0.5) is 13.2 Å². The van der Waals surface area contributed by atoms with Crippen molar-refractivity contribution in [2.24, 2.45) is 0 Å². The molecular weight excluding hydrogens is 229 g/mol. The van der Waals surface area contributed by atoms with Crippen molar-refractivity contribution in [3.63, 3.8) is 0 Å². The van der Waals surface area contributed by atoms with Gasteiger partial charge in [0.05, 0.1) is 16.7 Å². The monoisotopic (exact) mass is 238 g/mol. The Morgan fingerprint density at radius 2 is 1.87 bits per heavy atom. The Kier molecular flexibility index (Phi) is 3.50. The fourth-order valence-corrected chi connectivity index (χ4v) is 1.19. The number of hydrogen-bond acceptors (Lipinski definition) is 1. The van der Waals surface area contributed by atoms with E-state index in [2.05, 4.69) is 0 Å². The number of halogens is 4. The summed E-state index contributed by atoms with van der Waals surface area (Å²) in [6.07, 6.45) is -4.59. The smallest absolute Gasteiger partial charge is 0.416 e. The van der Waals surface area contributed by atoms with Crippen LogP contribution >= 0.6 is 11.6 Å². The second-order valence-electron chi connectivity index (χ2n) is 3.31. The molecule has 0 spiro atoms. The van der Waals surface area contributed by atoms with Crippen LogP contribution in [0.3, 0.4) is 0 Å². The summed E-state index contributed by atoms with van der Waals surface area (Å²) in [4.78, 5) is 0. The zero-order valence-electron chi connectivity index (χ0n) is 8.23. The Labute approximate surface area is 90.8 Å². The molecule has 84 valence electrons. The lowest BCUT2D eigenvalue weighted by Crippen LogP contribution is -2.09. The van der Waals surface area contributed by atoms with Crippen LogP contribution in [0.1, 0.15) is 19.4 Å². The van der Waals surface area contributed by atoms with Gasteiger partial charge in [-0.3, -0.25) is 0 Å². The second kappa shape index (κ2) is 4.31. The van der Waals surface area contributed by atoms with E-state index in [4.69, 9.17) is 16.3 Å². The Bertz CT molecular complexity index is 347. The van der Waals surface area contributed by atoms with Gasteiger partial charge in [-0.05, 0) is 32.0 Å². The molecule has 0 aliphatic carbocycles. The molecule has 1 aromatic rings. The molecule has 1 nitrogen and oxygen atoms in total. The molecule has 0 aliphatic rings. The maximum absolute atomic E-state index is 12.3. The van der Waals surface area contributed by atoms with Crippen LogP contribution in [0.15, 0.2) is 18.2 Å². The van der Waals surface area contributed by atoms with Crippen LogP contribution in [0.5, 0.6) is 5.75 Å². The molecule has 0 radical (unpaired) electrons. The molecule has 0 saturated carbocycles. The van der Waals surface area contributed by atoms with Gasteiger partial charge in [-0.2, -0.15) is 13.2 Å². The number of benzene rings is 1. The highest BCUT2D eigenvalue weighted by Crippen LogP contribution is 2.35. The maximum atomic E-state index is 12.3. The molecule has 0 N–H and O–H groups in total. The molecular formula is C10H10ClF3O. The van der Waals surface area contributed by atoms with E-state index in [1.165, 1.54) is 6.07 Å². The van der Waals surface area contributed by atoms with Crippen molar-refractivity contribution >= 4 is 11.6 Å². The van der Waals surface area contributed by atoms with Crippen molar-refractivity contribution in [3.8, 4) is 5.75 Å². The van der Waals surface area contributed by atoms with Crippen molar-refractivity contribution in [2.45, 2.75) is 26.1 Å². The standard InChI is InChI=1S/C10H10ClF3O/c1-6(2)15-9-5-7(10(12,13)14)3-4-8(9)11/h3-6H,1-2H3. The van der Waals surface area contributed by atoms with Gasteiger partial charge in [0, 0.05) is 0 Å². The minimum absolute atomic E-state index is 0.0569. The number of ether oxygens (including phenoxy) is 1. The van der Waals surface area contributed by atoms with Crippen molar-refractivity contribution in [1.29, 1.82) is 0 Å². The van der Waals surface area contributed by atoms with Crippen molar-refractivity contribution < 1.29 is 17.9 Å². The Morgan fingerprint density at radius 1 is 1.27 bits per heavy atom. The topological polar surface area (TPSA) is 9.23 Å². The first kappa shape index (κ1) is 12.2. The quantitative estimate of drug-likeness (QED) is 0.752. The average Bonchev–Trinajstić information content (AvgIpc) is 2.06. The van der Waals surface area contributed by atoms with Gasteiger partial charge >= 0.3 is 6.18 Å². The molecule has 0 amide bonds. The van der Waals surface area contributed by atoms with Gasteiger partial charge in [-0.25, -0.2) is 0 Å². The lowest BCUT2D eigenvalue weighted by molar-refractivity contribution is -0.137. The molecule has 0 aliphatic heterocycles. The summed E-state index contributed by atoms with van der Waals surface area (Å²) in [5.74, 6) is 0.0569. The SMILES string of the molecule is CC(C)Oc1cc(C(F)(F)F)ccc1Cl. The summed E-state index contributed by atoms with van der Waals surface area (Å²) in [7, 11) is 0. The first-order valence-electron chi connectivity index (χ1n) is 4.34.